The predicted molar refractivity (Wildman–Crippen MR) is 225 cm³/mol. The fourth-order valence-electron chi connectivity index (χ4n) is 9.01. The molecule has 2 saturated heterocycles. The first-order valence-corrected chi connectivity index (χ1v) is 21.6. The SMILES string of the molecule is CN(CCCCOc1ccccn1)C(=O)CO[C@H]1Cc2ccccc2C12CCN(CC[C@@]1(c3ccc(Cl)c(Cl)c3)CN(C(=O)c3cc(C(F)(F)F)cc(C(F)(F)F)c3)CCO1)CC2. The van der Waals surface area contributed by atoms with Gasteiger partial charge in [0.2, 0.25) is 11.8 Å². The fraction of sp³-hybridized carbons (Fsp3) is 0.457. The Bertz CT molecular complexity index is 2210. The van der Waals surface area contributed by atoms with Gasteiger partial charge in [0, 0.05) is 49.9 Å². The molecule has 0 N–H and O–H groups in total. The molecule has 4 aromatic rings. The average molecular weight is 922 g/mol. The summed E-state index contributed by atoms with van der Waals surface area (Å²) in [5, 5.41) is 0.490. The smallest absolute Gasteiger partial charge is 0.416 e. The van der Waals surface area contributed by atoms with Gasteiger partial charge < -0.3 is 28.9 Å². The van der Waals surface area contributed by atoms with Gasteiger partial charge >= 0.3 is 12.4 Å². The molecule has 7 rings (SSSR count). The number of amides is 2. The number of carbonyl (C=O) groups excluding carboxylic acids is 2. The van der Waals surface area contributed by atoms with Gasteiger partial charge in [-0.25, -0.2) is 4.98 Å². The van der Waals surface area contributed by atoms with Crippen LogP contribution in [0.1, 0.15) is 70.3 Å². The van der Waals surface area contributed by atoms with E-state index in [9.17, 15) is 35.9 Å². The summed E-state index contributed by atoms with van der Waals surface area (Å²) in [6, 6.07) is 19.5. The van der Waals surface area contributed by atoms with Gasteiger partial charge in [0.1, 0.15) is 12.2 Å². The Morgan fingerprint density at radius 1 is 0.889 bits per heavy atom. The number of aromatic nitrogens is 1. The van der Waals surface area contributed by atoms with Crippen molar-refractivity contribution in [2.45, 2.75) is 68.0 Å². The van der Waals surface area contributed by atoms with Crippen LogP contribution in [0.5, 0.6) is 5.88 Å². The molecule has 63 heavy (non-hydrogen) atoms. The van der Waals surface area contributed by atoms with E-state index in [2.05, 4.69) is 22.0 Å². The lowest BCUT2D eigenvalue weighted by molar-refractivity contribution is -0.143. The van der Waals surface area contributed by atoms with Crippen LogP contribution in [0.25, 0.3) is 0 Å². The summed E-state index contributed by atoms with van der Waals surface area (Å²) in [5.74, 6) is -0.527. The van der Waals surface area contributed by atoms with Crippen LogP contribution in [-0.2, 0) is 44.1 Å². The zero-order valence-electron chi connectivity index (χ0n) is 34.6. The minimum absolute atomic E-state index is 0.00149. The van der Waals surface area contributed by atoms with Crippen molar-refractivity contribution in [1.29, 1.82) is 0 Å². The molecule has 9 nitrogen and oxygen atoms in total. The number of unbranched alkanes of at least 4 members (excludes halogenated alkanes) is 1. The zero-order valence-corrected chi connectivity index (χ0v) is 36.1. The van der Waals surface area contributed by atoms with E-state index in [4.69, 9.17) is 37.4 Å². The highest BCUT2D eigenvalue weighted by Crippen LogP contribution is 2.48. The number of piperidine rings is 1. The lowest BCUT2D eigenvalue weighted by atomic mass is 9.72. The molecule has 2 atom stereocenters. The van der Waals surface area contributed by atoms with Crippen LogP contribution in [0.4, 0.5) is 26.3 Å². The van der Waals surface area contributed by atoms with Gasteiger partial charge in [-0.1, -0.05) is 59.6 Å². The molecule has 2 aliphatic heterocycles. The molecule has 3 aliphatic rings. The molecule has 3 aromatic carbocycles. The van der Waals surface area contributed by atoms with Gasteiger partial charge in [0.05, 0.1) is 47.0 Å². The summed E-state index contributed by atoms with van der Waals surface area (Å²) < 4.78 is 101. The van der Waals surface area contributed by atoms with Crippen LogP contribution in [0.2, 0.25) is 10.0 Å². The summed E-state index contributed by atoms with van der Waals surface area (Å²) in [5.41, 5.74) is -2.47. The van der Waals surface area contributed by atoms with Crippen molar-refractivity contribution in [3.05, 3.63) is 128 Å². The number of carbonyl (C=O) groups is 2. The second-order valence-corrected chi connectivity index (χ2v) is 17.3. The summed E-state index contributed by atoms with van der Waals surface area (Å²) in [6.45, 7) is 2.53. The monoisotopic (exact) mass is 920 g/mol. The van der Waals surface area contributed by atoms with Crippen LogP contribution < -0.4 is 4.74 Å². The van der Waals surface area contributed by atoms with Gasteiger partial charge in [0.15, 0.2) is 0 Å². The van der Waals surface area contributed by atoms with Crippen molar-refractivity contribution >= 4 is 35.0 Å². The number of hydrogen-bond donors (Lipinski definition) is 0. The van der Waals surface area contributed by atoms with E-state index in [-0.39, 0.29) is 59.8 Å². The number of likely N-dealkylation sites (tertiary alicyclic amines) is 1. The van der Waals surface area contributed by atoms with E-state index in [1.807, 2.05) is 24.3 Å². The van der Waals surface area contributed by atoms with Gasteiger partial charge in [-0.2, -0.15) is 26.3 Å². The first-order valence-electron chi connectivity index (χ1n) is 20.9. The van der Waals surface area contributed by atoms with Crippen LogP contribution in [0, 0.1) is 0 Å². The van der Waals surface area contributed by atoms with E-state index in [0.717, 1.165) is 25.7 Å². The van der Waals surface area contributed by atoms with Gasteiger partial charge in [0.25, 0.3) is 5.91 Å². The molecule has 0 saturated carbocycles. The minimum atomic E-state index is -5.11. The number of alkyl halides is 6. The van der Waals surface area contributed by atoms with Crippen molar-refractivity contribution in [2.75, 3.05) is 66.1 Å². The lowest BCUT2D eigenvalue weighted by Crippen LogP contribution is -2.54. The molecule has 0 radical (unpaired) electrons. The Labute approximate surface area is 372 Å². The summed E-state index contributed by atoms with van der Waals surface area (Å²) >= 11 is 12.7. The van der Waals surface area contributed by atoms with Crippen LogP contribution in [0.3, 0.4) is 0 Å². The molecule has 2 amide bonds. The molecule has 2 fully saturated rings. The highest BCUT2D eigenvalue weighted by Gasteiger charge is 2.50. The quantitative estimate of drug-likeness (QED) is 0.0921. The Kier molecular flexibility index (Phi) is 14.3. The number of benzene rings is 3. The zero-order chi connectivity index (χ0) is 45.0. The largest absolute Gasteiger partial charge is 0.478 e. The normalized spacial score (nSPS) is 20.1. The fourth-order valence-corrected chi connectivity index (χ4v) is 9.31. The number of morpholine rings is 1. The maximum atomic E-state index is 13.9. The standard InChI is InChI=1S/C46H48Cl2F6N4O5/c1-56(17-6-7-22-61-40-10-4-5-16-55-40)41(59)29-62-39-26-31-8-2-3-9-36(31)43(39)13-18-57(19-14-43)20-15-44(33-11-12-37(47)38(48)28-33)30-58(21-23-63-44)42(60)32-24-34(45(49,50)51)27-35(25-32)46(52,53)54/h2-5,8-12,16,24-25,27-28,39H,6-7,13-15,17-23,26,29-30H2,1H3/t39-,44-/m0/s1. The predicted octanol–water partition coefficient (Wildman–Crippen LogP) is 9.48. The van der Waals surface area contributed by atoms with E-state index in [0.29, 0.717) is 69.2 Å². The van der Waals surface area contributed by atoms with Crippen molar-refractivity contribution in [3.8, 4) is 5.88 Å². The number of likely N-dealkylation sites (N-methyl/N-ethyl adjacent to an activating group) is 1. The third-order valence-electron chi connectivity index (χ3n) is 12.5. The lowest BCUT2D eigenvalue weighted by Gasteiger charge is -2.46. The Hall–Kier alpha value is -4.41. The second-order valence-electron chi connectivity index (χ2n) is 16.4. The molecule has 1 aromatic heterocycles. The molecular formula is C46H48Cl2F6N4O5. The van der Waals surface area contributed by atoms with Gasteiger partial charge in [-0.05, 0) is 105 Å². The molecule has 3 heterocycles. The van der Waals surface area contributed by atoms with E-state index in [1.165, 1.54) is 16.0 Å². The number of halogens is 8. The van der Waals surface area contributed by atoms with Gasteiger partial charge in [-0.3, -0.25) is 9.59 Å². The van der Waals surface area contributed by atoms with E-state index < -0.39 is 40.6 Å². The molecule has 1 spiro atoms. The number of rotatable bonds is 14. The molecule has 0 unspecified atom stereocenters. The van der Waals surface area contributed by atoms with Crippen LogP contribution >= 0.6 is 23.2 Å². The van der Waals surface area contributed by atoms with Crippen molar-refractivity contribution in [2.24, 2.45) is 0 Å². The average Bonchev–Trinajstić information content (AvgIpc) is 3.57. The number of hydrogen-bond acceptors (Lipinski definition) is 7. The number of fused-ring (bicyclic) bond motifs is 2. The maximum Gasteiger partial charge on any atom is 0.416 e. The second kappa shape index (κ2) is 19.4. The van der Waals surface area contributed by atoms with Gasteiger partial charge in [-0.15, -0.1) is 0 Å². The Balaban J connectivity index is 1.02. The third-order valence-corrected chi connectivity index (χ3v) is 13.3. The van der Waals surface area contributed by atoms with E-state index >= 15 is 0 Å². The van der Waals surface area contributed by atoms with Crippen LogP contribution in [0.15, 0.2) is 85.1 Å². The Morgan fingerprint density at radius 2 is 1.60 bits per heavy atom. The highest BCUT2D eigenvalue weighted by atomic mass is 35.5. The maximum absolute atomic E-state index is 13.9. The highest BCUT2D eigenvalue weighted by molar-refractivity contribution is 6.42. The first-order chi connectivity index (χ1) is 30.0. The van der Waals surface area contributed by atoms with Crippen molar-refractivity contribution in [1.82, 2.24) is 19.7 Å². The Morgan fingerprint density at radius 3 is 2.29 bits per heavy atom. The molecule has 17 heteroatoms. The summed E-state index contributed by atoms with van der Waals surface area (Å²) in [7, 11) is 1.77. The number of ether oxygens (including phenoxy) is 3. The van der Waals surface area contributed by atoms with E-state index in [1.54, 1.807) is 42.4 Å². The summed E-state index contributed by atoms with van der Waals surface area (Å²) in [4.78, 5) is 36.5. The third kappa shape index (κ3) is 10.8. The topological polar surface area (TPSA) is 84.4 Å². The molecule has 1 aliphatic carbocycles. The van der Waals surface area contributed by atoms with Crippen molar-refractivity contribution < 1.29 is 50.1 Å². The molecule has 0 bridgehead atoms. The van der Waals surface area contributed by atoms with Crippen molar-refractivity contribution in [3.63, 3.8) is 0 Å². The molecule has 338 valence electrons. The molecular weight excluding hydrogens is 873 g/mol. The minimum Gasteiger partial charge on any atom is -0.478 e. The first kappa shape index (κ1) is 46.6. The number of pyridine rings is 1. The number of nitrogens with zero attached hydrogens (tertiary/aromatic N) is 4. The summed E-state index contributed by atoms with van der Waals surface area (Å²) in [6.07, 6.45) is -4.81. The van der Waals surface area contributed by atoms with Crippen LogP contribution in [-0.4, -0.2) is 104 Å².